The summed E-state index contributed by atoms with van der Waals surface area (Å²) < 4.78 is 0. The molecule has 2 heteroatoms. The summed E-state index contributed by atoms with van der Waals surface area (Å²) in [6.07, 6.45) is 13.3. The van der Waals surface area contributed by atoms with Crippen LogP contribution in [-0.4, -0.2) is 16.3 Å². The Morgan fingerprint density at radius 1 is 1.00 bits per heavy atom. The van der Waals surface area contributed by atoms with Gasteiger partial charge >= 0.3 is 0 Å². The van der Waals surface area contributed by atoms with Crippen LogP contribution in [0.1, 0.15) is 112 Å². The standard InChI is InChI=1S/C31H52O2/c1-18-11-12-30(5)23(13-18)14-20(3)29-26-9-8-25(31(26,6)21(4)15-27(29)30)19(2)7-10-28(33)22-16-24(32)17-22/h18-21,23-27,29,32-33H,7-17H2,1-6H3/t18?,19-,20?,21?,23+,24?,25-,26+,27+,29+,30+,31-/m1/s1. The maximum absolute atomic E-state index is 10.5. The predicted octanol–water partition coefficient (Wildman–Crippen LogP) is 8.16. The quantitative estimate of drug-likeness (QED) is 0.419. The van der Waals surface area contributed by atoms with Gasteiger partial charge < -0.3 is 10.2 Å². The summed E-state index contributed by atoms with van der Waals surface area (Å²) in [5.41, 5.74) is 2.17. The van der Waals surface area contributed by atoms with Crippen LogP contribution < -0.4 is 0 Å². The van der Waals surface area contributed by atoms with Gasteiger partial charge in [-0.2, -0.15) is 0 Å². The van der Waals surface area contributed by atoms with Gasteiger partial charge in [0.05, 0.1) is 11.9 Å². The van der Waals surface area contributed by atoms with E-state index in [0.29, 0.717) is 35.3 Å². The molecule has 0 radical (unpaired) electrons. The van der Waals surface area contributed by atoms with Crippen LogP contribution in [0.15, 0.2) is 11.3 Å². The van der Waals surface area contributed by atoms with Gasteiger partial charge in [0.1, 0.15) is 0 Å². The summed E-state index contributed by atoms with van der Waals surface area (Å²) >= 11 is 0. The van der Waals surface area contributed by atoms with Crippen LogP contribution in [0.3, 0.4) is 0 Å². The van der Waals surface area contributed by atoms with E-state index in [4.69, 9.17) is 0 Å². The first kappa shape index (κ1) is 24.2. The van der Waals surface area contributed by atoms with Crippen molar-refractivity contribution in [2.24, 2.45) is 64.1 Å². The number of hydrogen-bond acceptors (Lipinski definition) is 2. The topological polar surface area (TPSA) is 40.5 Å². The Kier molecular flexibility index (Phi) is 6.28. The van der Waals surface area contributed by atoms with E-state index in [0.717, 1.165) is 65.8 Å². The van der Waals surface area contributed by atoms with Crippen molar-refractivity contribution in [1.82, 2.24) is 0 Å². The Balaban J connectivity index is 1.33. The molecule has 0 bridgehead atoms. The summed E-state index contributed by atoms with van der Waals surface area (Å²) in [5.74, 6) is 8.45. The number of hydrogen-bond donors (Lipinski definition) is 2. The van der Waals surface area contributed by atoms with Gasteiger partial charge in [0.25, 0.3) is 0 Å². The molecule has 5 saturated carbocycles. The van der Waals surface area contributed by atoms with Crippen LogP contribution in [0, 0.1) is 64.1 Å². The van der Waals surface area contributed by atoms with E-state index in [2.05, 4.69) is 41.5 Å². The molecular weight excluding hydrogens is 404 g/mol. The van der Waals surface area contributed by atoms with E-state index in [1.165, 1.54) is 44.9 Å². The molecule has 2 nitrogen and oxygen atoms in total. The maximum Gasteiger partial charge on any atom is 0.0916 e. The van der Waals surface area contributed by atoms with E-state index >= 15 is 0 Å². The molecule has 0 spiro atoms. The second kappa shape index (κ2) is 8.56. The molecule has 0 aliphatic heterocycles. The average Bonchev–Trinajstić information content (AvgIpc) is 3.10. The summed E-state index contributed by atoms with van der Waals surface area (Å²) in [5, 5.41) is 20.1. The van der Waals surface area contributed by atoms with E-state index in [1.54, 1.807) is 0 Å². The first-order chi connectivity index (χ1) is 15.6. The molecule has 0 amide bonds. The normalized spacial score (nSPS) is 52.3. The smallest absolute Gasteiger partial charge is 0.0916 e. The van der Waals surface area contributed by atoms with Crippen LogP contribution in [0.2, 0.25) is 0 Å². The molecule has 3 unspecified atom stereocenters. The Bertz CT molecular complexity index is 763. The van der Waals surface area contributed by atoms with Crippen molar-refractivity contribution in [2.45, 2.75) is 118 Å². The maximum atomic E-state index is 10.5. The lowest BCUT2D eigenvalue weighted by Gasteiger charge is -2.65. The number of aliphatic hydroxyl groups excluding tert-OH is 2. The first-order valence-electron chi connectivity index (χ1n) is 14.6. The average molecular weight is 457 g/mol. The van der Waals surface area contributed by atoms with Crippen molar-refractivity contribution in [3.8, 4) is 0 Å². The second-order valence-corrected chi connectivity index (χ2v) is 14.4. The molecule has 5 rings (SSSR count). The van der Waals surface area contributed by atoms with Crippen molar-refractivity contribution in [3.63, 3.8) is 0 Å². The predicted molar refractivity (Wildman–Crippen MR) is 137 cm³/mol. The van der Waals surface area contributed by atoms with Crippen LogP contribution in [0.25, 0.3) is 0 Å². The third-order valence-corrected chi connectivity index (χ3v) is 12.8. The Hall–Kier alpha value is -0.500. The highest BCUT2D eigenvalue weighted by Crippen LogP contribution is 2.71. The number of allylic oxidation sites excluding steroid dienone is 1. The largest absolute Gasteiger partial charge is 0.512 e. The second-order valence-electron chi connectivity index (χ2n) is 14.4. The van der Waals surface area contributed by atoms with Gasteiger partial charge in [0.2, 0.25) is 0 Å². The minimum atomic E-state index is -0.212. The summed E-state index contributed by atoms with van der Waals surface area (Å²) in [6.45, 7) is 15.6. The van der Waals surface area contributed by atoms with Crippen molar-refractivity contribution >= 4 is 0 Å². The zero-order valence-corrected chi connectivity index (χ0v) is 22.4. The van der Waals surface area contributed by atoms with Gasteiger partial charge in [0, 0.05) is 6.42 Å². The minimum absolute atomic E-state index is 0.212. The molecule has 5 aliphatic carbocycles. The van der Waals surface area contributed by atoms with Gasteiger partial charge in [0.15, 0.2) is 0 Å². The van der Waals surface area contributed by atoms with Crippen molar-refractivity contribution in [1.29, 1.82) is 0 Å². The van der Waals surface area contributed by atoms with Crippen molar-refractivity contribution in [3.05, 3.63) is 11.3 Å². The Morgan fingerprint density at radius 3 is 2.42 bits per heavy atom. The highest BCUT2D eigenvalue weighted by Gasteiger charge is 2.64. The lowest BCUT2D eigenvalue weighted by Crippen LogP contribution is -2.58. The molecule has 188 valence electrons. The SMILES string of the molecule is CC1CC[C@@]2(C)[C@@H](C1)CC(C)[C@@H]1[C@@H]2CC(C)[C@]2(C)[C@@H]([C@H](C)CCC(O)=C3CC(O)C3)CC[C@@H]12. The van der Waals surface area contributed by atoms with E-state index < -0.39 is 0 Å². The molecule has 5 aliphatic rings. The van der Waals surface area contributed by atoms with Gasteiger partial charge in [-0.05, 0) is 127 Å². The van der Waals surface area contributed by atoms with E-state index in [9.17, 15) is 10.2 Å². The molecule has 5 fully saturated rings. The summed E-state index contributed by atoms with van der Waals surface area (Å²) in [6, 6.07) is 0. The van der Waals surface area contributed by atoms with Crippen LogP contribution in [0.4, 0.5) is 0 Å². The molecular formula is C31H52O2. The third-order valence-electron chi connectivity index (χ3n) is 12.8. The van der Waals surface area contributed by atoms with E-state index in [1.807, 2.05) is 0 Å². The third kappa shape index (κ3) is 3.75. The number of aliphatic hydroxyl groups is 2. The van der Waals surface area contributed by atoms with Crippen molar-refractivity contribution in [2.75, 3.05) is 0 Å². The molecule has 33 heavy (non-hydrogen) atoms. The zero-order valence-electron chi connectivity index (χ0n) is 22.4. The summed E-state index contributed by atoms with van der Waals surface area (Å²) in [7, 11) is 0. The fraction of sp³-hybridized carbons (Fsp3) is 0.935. The molecule has 0 saturated heterocycles. The van der Waals surface area contributed by atoms with Gasteiger partial charge in [-0.15, -0.1) is 0 Å². The van der Waals surface area contributed by atoms with Gasteiger partial charge in [-0.25, -0.2) is 0 Å². The molecule has 0 aromatic rings. The Morgan fingerprint density at radius 2 is 1.73 bits per heavy atom. The molecule has 0 heterocycles. The summed E-state index contributed by atoms with van der Waals surface area (Å²) in [4.78, 5) is 0. The first-order valence-corrected chi connectivity index (χ1v) is 14.6. The molecule has 0 aromatic carbocycles. The van der Waals surface area contributed by atoms with Gasteiger partial charge in [-0.3, -0.25) is 0 Å². The lowest BCUT2D eigenvalue weighted by molar-refractivity contribution is -0.162. The fourth-order valence-electron chi connectivity index (χ4n) is 10.6. The van der Waals surface area contributed by atoms with Gasteiger partial charge in [-0.1, -0.05) is 48.0 Å². The van der Waals surface area contributed by atoms with Crippen LogP contribution >= 0.6 is 0 Å². The van der Waals surface area contributed by atoms with E-state index in [-0.39, 0.29) is 6.10 Å². The number of rotatable bonds is 4. The molecule has 11 atom stereocenters. The van der Waals surface area contributed by atoms with Crippen LogP contribution in [-0.2, 0) is 0 Å². The minimum Gasteiger partial charge on any atom is -0.512 e. The number of fused-ring (bicyclic) bond motifs is 5. The Labute approximate surface area is 204 Å². The van der Waals surface area contributed by atoms with Crippen molar-refractivity contribution < 1.29 is 10.2 Å². The lowest BCUT2D eigenvalue weighted by atomic mass is 9.40. The fourth-order valence-corrected chi connectivity index (χ4v) is 10.6. The molecule has 0 aromatic heterocycles. The van der Waals surface area contributed by atoms with Crippen LogP contribution in [0.5, 0.6) is 0 Å². The zero-order chi connectivity index (χ0) is 23.7. The molecule has 2 N–H and O–H groups in total. The monoisotopic (exact) mass is 456 g/mol. The highest BCUT2D eigenvalue weighted by atomic mass is 16.3. The highest BCUT2D eigenvalue weighted by molar-refractivity contribution is 5.18.